The minimum Gasteiger partial charge on any atom is -0.464 e. The van der Waals surface area contributed by atoms with Crippen molar-refractivity contribution in [3.8, 4) is 0 Å². The topological polar surface area (TPSA) is 45.7 Å². The molecule has 0 bridgehead atoms. The molecule has 2 aromatic carbocycles. The summed E-state index contributed by atoms with van der Waals surface area (Å²) in [5.41, 5.74) is 7.56. The van der Waals surface area contributed by atoms with Crippen molar-refractivity contribution in [2.45, 2.75) is 58.0 Å². The fraction of sp³-hybridized carbons (Fsp3) is 0.303. The normalized spacial score (nSPS) is 21.1. The summed E-state index contributed by atoms with van der Waals surface area (Å²) in [4.78, 5) is 9.77. The Morgan fingerprint density at radius 3 is 2.53 bits per heavy atom. The van der Waals surface area contributed by atoms with Crippen LogP contribution in [-0.2, 0) is 5.41 Å². The van der Waals surface area contributed by atoms with E-state index in [1.807, 2.05) is 18.3 Å². The summed E-state index contributed by atoms with van der Waals surface area (Å²) in [5.74, 6) is 1.37. The van der Waals surface area contributed by atoms with Crippen LogP contribution in [0.1, 0.15) is 52.0 Å². The Bertz CT molecular complexity index is 1680. The number of fused-ring (bicyclic) bond motifs is 7. The standard InChI is InChI=1S/C33H33N3O2/c1-5-7-9-21(3)33(6-2)22(4)32-35(25-11-12-29-23(18-25)13-16-37-29)31-27(10-8-15-34-31)36(32)28-19-24-14-17-38-30(24)20-26(28)33/h8,10-21,32H,4-7,9H2,1-3H3. The van der Waals surface area contributed by atoms with Crippen LogP contribution < -0.4 is 9.80 Å². The van der Waals surface area contributed by atoms with Crippen LogP contribution in [0.15, 0.2) is 94.3 Å². The molecule has 5 heteroatoms. The van der Waals surface area contributed by atoms with E-state index in [1.54, 1.807) is 12.5 Å². The van der Waals surface area contributed by atoms with Gasteiger partial charge in [0, 0.05) is 33.8 Å². The first-order valence-electron chi connectivity index (χ1n) is 13.8. The molecule has 0 fully saturated rings. The number of pyridine rings is 1. The molecule has 2 aliphatic heterocycles. The van der Waals surface area contributed by atoms with Crippen LogP contribution in [-0.4, -0.2) is 11.1 Å². The molecule has 0 aliphatic carbocycles. The molecule has 0 amide bonds. The third-order valence-electron chi connectivity index (χ3n) is 9.04. The van der Waals surface area contributed by atoms with Gasteiger partial charge in [-0.1, -0.05) is 40.2 Å². The zero-order valence-corrected chi connectivity index (χ0v) is 22.3. The number of nitrogens with zero attached hydrogens (tertiary/aromatic N) is 3. The van der Waals surface area contributed by atoms with Crippen LogP contribution >= 0.6 is 0 Å². The van der Waals surface area contributed by atoms with Gasteiger partial charge in [-0.25, -0.2) is 4.98 Å². The molecule has 192 valence electrons. The van der Waals surface area contributed by atoms with E-state index in [1.165, 1.54) is 29.7 Å². The second-order valence-electron chi connectivity index (χ2n) is 10.8. The van der Waals surface area contributed by atoms with Gasteiger partial charge in [0.2, 0.25) is 0 Å². The number of aromatic nitrogens is 1. The molecule has 0 spiro atoms. The molecule has 0 saturated heterocycles. The SMILES string of the molecule is C=C1C2N(c3cc4ccoc4cc3C1(CC)C(C)CCCC)c1cccnc1N2c1ccc2occc2c1. The first-order chi connectivity index (χ1) is 18.6. The number of benzene rings is 2. The van der Waals surface area contributed by atoms with Gasteiger partial charge in [-0.3, -0.25) is 4.90 Å². The van der Waals surface area contributed by atoms with E-state index < -0.39 is 0 Å². The van der Waals surface area contributed by atoms with E-state index in [4.69, 9.17) is 20.4 Å². The van der Waals surface area contributed by atoms with Crippen LogP contribution in [0.3, 0.4) is 0 Å². The van der Waals surface area contributed by atoms with Crippen molar-refractivity contribution in [1.82, 2.24) is 4.98 Å². The summed E-state index contributed by atoms with van der Waals surface area (Å²) in [6.45, 7) is 11.9. The highest BCUT2D eigenvalue weighted by Gasteiger charge is 2.54. The summed E-state index contributed by atoms with van der Waals surface area (Å²) in [5, 5.41) is 2.20. The fourth-order valence-electron chi connectivity index (χ4n) is 7.13. The van der Waals surface area contributed by atoms with Gasteiger partial charge in [0.05, 0.1) is 18.2 Å². The lowest BCUT2D eigenvalue weighted by Gasteiger charge is -2.52. The monoisotopic (exact) mass is 503 g/mol. The Labute approximate surface area is 223 Å². The third kappa shape index (κ3) is 3.02. The van der Waals surface area contributed by atoms with Crippen molar-refractivity contribution in [2.24, 2.45) is 5.92 Å². The van der Waals surface area contributed by atoms with Gasteiger partial charge >= 0.3 is 0 Å². The van der Waals surface area contributed by atoms with Gasteiger partial charge in [0.15, 0.2) is 5.82 Å². The Morgan fingerprint density at radius 2 is 1.74 bits per heavy atom. The second-order valence-corrected chi connectivity index (χ2v) is 10.8. The number of anilines is 4. The van der Waals surface area contributed by atoms with Gasteiger partial charge in [-0.15, -0.1) is 0 Å². The van der Waals surface area contributed by atoms with Crippen LogP contribution in [0.25, 0.3) is 21.9 Å². The summed E-state index contributed by atoms with van der Waals surface area (Å²) in [6.07, 6.45) is 9.85. The lowest BCUT2D eigenvalue weighted by atomic mass is 9.60. The van der Waals surface area contributed by atoms with Crippen molar-refractivity contribution < 1.29 is 8.83 Å². The predicted molar refractivity (Wildman–Crippen MR) is 155 cm³/mol. The van der Waals surface area contributed by atoms with Crippen LogP contribution in [0, 0.1) is 5.92 Å². The maximum atomic E-state index is 5.94. The van der Waals surface area contributed by atoms with Crippen LogP contribution in [0.5, 0.6) is 0 Å². The first-order valence-corrected chi connectivity index (χ1v) is 13.8. The van der Waals surface area contributed by atoms with Gasteiger partial charge < -0.3 is 13.7 Å². The molecule has 0 saturated carbocycles. The molecule has 5 aromatic rings. The average molecular weight is 504 g/mol. The largest absolute Gasteiger partial charge is 0.464 e. The molecule has 7 rings (SSSR count). The molecule has 0 N–H and O–H groups in total. The number of hydrogen-bond donors (Lipinski definition) is 0. The average Bonchev–Trinajstić information content (AvgIpc) is 3.68. The lowest BCUT2D eigenvalue weighted by Crippen LogP contribution is -2.53. The molecule has 2 aliphatic rings. The van der Waals surface area contributed by atoms with Crippen molar-refractivity contribution in [1.29, 1.82) is 0 Å². The van der Waals surface area contributed by atoms with Gasteiger partial charge in [0.25, 0.3) is 0 Å². The highest BCUT2D eigenvalue weighted by molar-refractivity contribution is 5.95. The Morgan fingerprint density at radius 1 is 0.947 bits per heavy atom. The molecule has 5 nitrogen and oxygen atoms in total. The molecule has 3 atom stereocenters. The summed E-state index contributed by atoms with van der Waals surface area (Å²) in [7, 11) is 0. The Kier molecular flexibility index (Phi) is 5.19. The first kappa shape index (κ1) is 23.2. The van der Waals surface area contributed by atoms with E-state index in [2.05, 4.69) is 73.0 Å². The van der Waals surface area contributed by atoms with Crippen molar-refractivity contribution in [3.05, 3.63) is 91.0 Å². The minimum atomic E-state index is -0.202. The summed E-state index contributed by atoms with van der Waals surface area (Å²) in [6, 6.07) is 19.3. The minimum absolute atomic E-state index is 0.0925. The molecule has 3 aromatic heterocycles. The van der Waals surface area contributed by atoms with Crippen LogP contribution in [0.2, 0.25) is 0 Å². The second kappa shape index (κ2) is 8.52. The van der Waals surface area contributed by atoms with E-state index in [0.29, 0.717) is 5.92 Å². The van der Waals surface area contributed by atoms with Gasteiger partial charge in [0.1, 0.15) is 17.3 Å². The Hall–Kier alpha value is -3.99. The molecular weight excluding hydrogens is 470 g/mol. The number of rotatable bonds is 6. The third-order valence-corrected chi connectivity index (χ3v) is 9.04. The zero-order valence-electron chi connectivity index (χ0n) is 22.3. The van der Waals surface area contributed by atoms with Gasteiger partial charge in [-0.05, 0) is 84.5 Å². The van der Waals surface area contributed by atoms with Gasteiger partial charge in [-0.2, -0.15) is 0 Å². The maximum Gasteiger partial charge on any atom is 0.159 e. The lowest BCUT2D eigenvalue weighted by molar-refractivity contribution is 0.284. The zero-order chi connectivity index (χ0) is 26.0. The number of hydrogen-bond acceptors (Lipinski definition) is 5. The molecule has 0 radical (unpaired) electrons. The maximum absolute atomic E-state index is 5.94. The van der Waals surface area contributed by atoms with Crippen LogP contribution in [0.4, 0.5) is 22.9 Å². The molecule has 5 heterocycles. The molecule has 3 unspecified atom stereocenters. The Balaban J connectivity index is 1.51. The highest BCUT2D eigenvalue weighted by Crippen LogP contribution is 2.60. The number of furan rings is 2. The molecular formula is C33H33N3O2. The smallest absolute Gasteiger partial charge is 0.159 e. The number of unbranched alkanes of at least 4 members (excludes halogenated alkanes) is 1. The van der Waals surface area contributed by atoms with Crippen molar-refractivity contribution >= 4 is 44.8 Å². The predicted octanol–water partition coefficient (Wildman–Crippen LogP) is 9.23. The quantitative estimate of drug-likeness (QED) is 0.216. The molecule has 38 heavy (non-hydrogen) atoms. The van der Waals surface area contributed by atoms with Crippen molar-refractivity contribution in [3.63, 3.8) is 0 Å². The van der Waals surface area contributed by atoms with E-state index in [9.17, 15) is 0 Å². The van der Waals surface area contributed by atoms with E-state index >= 15 is 0 Å². The highest BCUT2D eigenvalue weighted by atomic mass is 16.3. The van der Waals surface area contributed by atoms with E-state index in [0.717, 1.165) is 52.0 Å². The fourth-order valence-corrected chi connectivity index (χ4v) is 7.13. The van der Waals surface area contributed by atoms with Crippen molar-refractivity contribution in [2.75, 3.05) is 9.80 Å². The summed E-state index contributed by atoms with van der Waals surface area (Å²) >= 11 is 0. The summed E-state index contributed by atoms with van der Waals surface area (Å²) < 4.78 is 11.6. The van der Waals surface area contributed by atoms with E-state index in [-0.39, 0.29) is 11.6 Å².